The van der Waals surface area contributed by atoms with Crippen LogP contribution in [0.5, 0.6) is 5.75 Å². The number of anilines is 2. The average Bonchev–Trinajstić information content (AvgIpc) is 2.68. The molecule has 2 amide bonds. The molecule has 0 saturated carbocycles. The fourth-order valence-electron chi connectivity index (χ4n) is 2.74. The molecule has 7 heteroatoms. The minimum Gasteiger partial charge on any atom is -0.497 e. The molecule has 2 aromatic carbocycles. The number of benzene rings is 2. The standard InChI is InChI=1S/C21H26ClN3O3/c1-5-25(13-20(26)23-17-7-6-8-18(12-17)28-4)15(3)21(27)24-19-11-16(22)10-9-14(19)2/h6-12,15H,5,13H2,1-4H3,(H,23,26)(H,24,27). The lowest BCUT2D eigenvalue weighted by Crippen LogP contribution is -2.45. The molecule has 0 heterocycles. The van der Waals surface area contributed by atoms with Gasteiger partial charge in [-0.25, -0.2) is 0 Å². The third kappa shape index (κ3) is 5.97. The Balaban J connectivity index is 1.99. The van der Waals surface area contributed by atoms with Crippen molar-refractivity contribution in [3.8, 4) is 5.75 Å². The van der Waals surface area contributed by atoms with E-state index in [1.807, 2.05) is 19.9 Å². The second kappa shape index (κ2) is 10.1. The molecule has 0 fully saturated rings. The van der Waals surface area contributed by atoms with E-state index in [2.05, 4.69) is 10.6 Å². The topological polar surface area (TPSA) is 70.7 Å². The molecular weight excluding hydrogens is 378 g/mol. The van der Waals surface area contributed by atoms with Crippen molar-refractivity contribution in [1.82, 2.24) is 4.90 Å². The van der Waals surface area contributed by atoms with Crippen LogP contribution in [0, 0.1) is 6.92 Å². The summed E-state index contributed by atoms with van der Waals surface area (Å²) in [5, 5.41) is 6.28. The van der Waals surface area contributed by atoms with Crippen molar-refractivity contribution in [2.45, 2.75) is 26.8 Å². The van der Waals surface area contributed by atoms with Crippen molar-refractivity contribution < 1.29 is 14.3 Å². The number of halogens is 1. The largest absolute Gasteiger partial charge is 0.497 e. The van der Waals surface area contributed by atoms with Crippen LogP contribution in [0.3, 0.4) is 0 Å². The van der Waals surface area contributed by atoms with Crippen LogP contribution in [-0.2, 0) is 9.59 Å². The van der Waals surface area contributed by atoms with E-state index < -0.39 is 6.04 Å². The Bertz CT molecular complexity index is 841. The van der Waals surface area contributed by atoms with E-state index >= 15 is 0 Å². The summed E-state index contributed by atoms with van der Waals surface area (Å²) in [5.74, 6) is 0.268. The van der Waals surface area contributed by atoms with Crippen molar-refractivity contribution in [3.05, 3.63) is 53.1 Å². The number of nitrogens with zero attached hydrogens (tertiary/aromatic N) is 1. The first-order chi connectivity index (χ1) is 13.3. The van der Waals surface area contributed by atoms with Gasteiger partial charge in [-0.2, -0.15) is 0 Å². The molecule has 150 valence electrons. The van der Waals surface area contributed by atoms with Crippen LogP contribution in [0.25, 0.3) is 0 Å². The van der Waals surface area contributed by atoms with E-state index in [0.717, 1.165) is 5.56 Å². The third-order valence-electron chi connectivity index (χ3n) is 4.49. The molecule has 0 bridgehead atoms. The predicted octanol–water partition coefficient (Wildman–Crippen LogP) is 3.94. The van der Waals surface area contributed by atoms with Crippen LogP contribution >= 0.6 is 11.6 Å². The predicted molar refractivity (Wildman–Crippen MR) is 113 cm³/mol. The van der Waals surface area contributed by atoms with Crippen LogP contribution in [0.15, 0.2) is 42.5 Å². The van der Waals surface area contributed by atoms with Gasteiger partial charge in [0.2, 0.25) is 11.8 Å². The number of ether oxygens (including phenoxy) is 1. The highest BCUT2D eigenvalue weighted by molar-refractivity contribution is 6.31. The molecule has 0 aromatic heterocycles. The van der Waals surface area contributed by atoms with Crippen LogP contribution in [0.1, 0.15) is 19.4 Å². The lowest BCUT2D eigenvalue weighted by molar-refractivity contribution is -0.123. The summed E-state index contributed by atoms with van der Waals surface area (Å²) in [6.45, 7) is 6.23. The van der Waals surface area contributed by atoms with Gasteiger partial charge in [0.15, 0.2) is 0 Å². The number of carbonyl (C=O) groups is 2. The maximum absolute atomic E-state index is 12.7. The highest BCUT2D eigenvalue weighted by Crippen LogP contribution is 2.21. The molecule has 1 unspecified atom stereocenters. The SMILES string of the molecule is CCN(CC(=O)Nc1cccc(OC)c1)C(C)C(=O)Nc1cc(Cl)ccc1C. The molecule has 1 atom stereocenters. The van der Waals surface area contributed by atoms with E-state index in [-0.39, 0.29) is 18.4 Å². The van der Waals surface area contributed by atoms with Crippen molar-refractivity contribution in [3.63, 3.8) is 0 Å². The first kappa shape index (κ1) is 21.7. The first-order valence-electron chi connectivity index (χ1n) is 9.09. The Morgan fingerprint density at radius 1 is 1.18 bits per heavy atom. The van der Waals surface area contributed by atoms with Crippen molar-refractivity contribution >= 4 is 34.8 Å². The second-order valence-electron chi connectivity index (χ2n) is 6.47. The summed E-state index contributed by atoms with van der Waals surface area (Å²) in [5.41, 5.74) is 2.23. The summed E-state index contributed by atoms with van der Waals surface area (Å²) >= 11 is 6.01. The molecule has 2 rings (SSSR count). The number of nitrogens with one attached hydrogen (secondary N) is 2. The van der Waals surface area contributed by atoms with Gasteiger partial charge in [0.05, 0.1) is 19.7 Å². The Morgan fingerprint density at radius 2 is 1.93 bits per heavy atom. The van der Waals surface area contributed by atoms with E-state index in [1.165, 1.54) is 0 Å². The quantitative estimate of drug-likeness (QED) is 0.700. The maximum Gasteiger partial charge on any atom is 0.241 e. The third-order valence-corrected chi connectivity index (χ3v) is 4.73. The normalized spacial score (nSPS) is 11.8. The Labute approximate surface area is 170 Å². The molecule has 0 aliphatic carbocycles. The molecule has 2 N–H and O–H groups in total. The van der Waals surface area contributed by atoms with E-state index in [4.69, 9.17) is 16.3 Å². The van der Waals surface area contributed by atoms with Crippen molar-refractivity contribution in [1.29, 1.82) is 0 Å². The Morgan fingerprint density at radius 3 is 2.61 bits per heavy atom. The number of methoxy groups -OCH3 is 1. The summed E-state index contributed by atoms with van der Waals surface area (Å²) < 4.78 is 5.16. The zero-order valence-corrected chi connectivity index (χ0v) is 17.3. The van der Waals surface area contributed by atoms with Gasteiger partial charge in [-0.1, -0.05) is 30.7 Å². The fourth-order valence-corrected chi connectivity index (χ4v) is 2.91. The minimum atomic E-state index is -0.487. The molecule has 0 aliphatic heterocycles. The number of likely N-dealkylation sites (N-methyl/N-ethyl adjacent to an activating group) is 1. The molecule has 0 radical (unpaired) electrons. The second-order valence-corrected chi connectivity index (χ2v) is 6.90. The number of rotatable bonds is 8. The summed E-state index contributed by atoms with van der Waals surface area (Å²) in [6, 6.07) is 12.0. The van der Waals surface area contributed by atoms with Gasteiger partial charge in [-0.15, -0.1) is 0 Å². The molecule has 0 aliphatic rings. The van der Waals surface area contributed by atoms with Crippen molar-refractivity contribution in [2.75, 3.05) is 30.8 Å². The lowest BCUT2D eigenvalue weighted by atomic mass is 10.2. The highest BCUT2D eigenvalue weighted by atomic mass is 35.5. The van der Waals surface area contributed by atoms with Gasteiger partial charge < -0.3 is 15.4 Å². The number of hydrogen-bond donors (Lipinski definition) is 2. The van der Waals surface area contributed by atoms with Crippen LogP contribution in [0.2, 0.25) is 5.02 Å². The molecule has 6 nitrogen and oxygen atoms in total. The Kier molecular flexibility index (Phi) is 7.84. The van der Waals surface area contributed by atoms with Gasteiger partial charge in [-0.3, -0.25) is 14.5 Å². The minimum absolute atomic E-state index is 0.0941. The van der Waals surface area contributed by atoms with E-state index in [9.17, 15) is 9.59 Å². The highest BCUT2D eigenvalue weighted by Gasteiger charge is 2.23. The number of aryl methyl sites for hydroxylation is 1. The lowest BCUT2D eigenvalue weighted by Gasteiger charge is -2.26. The van der Waals surface area contributed by atoms with Crippen molar-refractivity contribution in [2.24, 2.45) is 0 Å². The summed E-state index contributed by atoms with van der Waals surface area (Å²) in [6.07, 6.45) is 0. The van der Waals surface area contributed by atoms with E-state index in [1.54, 1.807) is 55.3 Å². The van der Waals surface area contributed by atoms with Gasteiger partial charge in [0.1, 0.15) is 5.75 Å². The van der Waals surface area contributed by atoms with E-state index in [0.29, 0.717) is 28.7 Å². The maximum atomic E-state index is 12.7. The number of carbonyl (C=O) groups excluding carboxylic acids is 2. The van der Waals surface area contributed by atoms with Crippen LogP contribution in [-0.4, -0.2) is 43.0 Å². The number of hydrogen-bond acceptors (Lipinski definition) is 4. The smallest absolute Gasteiger partial charge is 0.241 e. The molecule has 2 aromatic rings. The van der Waals surface area contributed by atoms with Crippen LogP contribution in [0.4, 0.5) is 11.4 Å². The van der Waals surface area contributed by atoms with Gasteiger partial charge in [0.25, 0.3) is 0 Å². The zero-order chi connectivity index (χ0) is 20.7. The molecular formula is C21H26ClN3O3. The van der Waals surface area contributed by atoms with Crippen LogP contribution < -0.4 is 15.4 Å². The molecule has 28 heavy (non-hydrogen) atoms. The first-order valence-corrected chi connectivity index (χ1v) is 9.46. The average molecular weight is 404 g/mol. The van der Waals surface area contributed by atoms with Gasteiger partial charge in [0, 0.05) is 22.5 Å². The molecule has 0 spiro atoms. The van der Waals surface area contributed by atoms with Gasteiger partial charge >= 0.3 is 0 Å². The summed E-state index contributed by atoms with van der Waals surface area (Å²) in [7, 11) is 1.57. The number of amides is 2. The zero-order valence-electron chi connectivity index (χ0n) is 16.6. The Hall–Kier alpha value is -2.57. The summed E-state index contributed by atoms with van der Waals surface area (Å²) in [4.78, 5) is 26.9. The van der Waals surface area contributed by atoms with Gasteiger partial charge in [-0.05, 0) is 50.2 Å². The monoisotopic (exact) mass is 403 g/mol. The molecule has 0 saturated heterocycles. The fraction of sp³-hybridized carbons (Fsp3) is 0.333.